The molecule has 0 unspecified atom stereocenters. The van der Waals surface area contributed by atoms with Crippen LogP contribution in [0.2, 0.25) is 0 Å². The number of carbonyl (C=O) groups is 1. The second-order valence-corrected chi connectivity index (χ2v) is 5.30. The molecular weight excluding hydrogens is 292 g/mol. The van der Waals surface area contributed by atoms with E-state index in [4.69, 9.17) is 0 Å². The van der Waals surface area contributed by atoms with Crippen molar-refractivity contribution in [3.63, 3.8) is 0 Å². The van der Waals surface area contributed by atoms with Crippen LogP contribution in [0.1, 0.15) is 0 Å². The van der Waals surface area contributed by atoms with E-state index in [1.807, 2.05) is 19.2 Å². The van der Waals surface area contributed by atoms with Crippen LogP contribution in [0.5, 0.6) is 0 Å². The molecule has 0 aliphatic rings. The van der Waals surface area contributed by atoms with Crippen molar-refractivity contribution in [3.8, 4) is 0 Å². The topological polar surface area (TPSA) is 41.1 Å². The SMILES string of the molecule is CNCCNC(=O)CSc1ccc2ccccc2c1.Cl. The molecule has 20 heavy (non-hydrogen) atoms. The average Bonchev–Trinajstić information content (AvgIpc) is 2.45. The summed E-state index contributed by atoms with van der Waals surface area (Å²) in [7, 11) is 1.87. The van der Waals surface area contributed by atoms with Gasteiger partial charge in [0.2, 0.25) is 5.91 Å². The van der Waals surface area contributed by atoms with E-state index in [1.165, 1.54) is 10.8 Å². The second-order valence-electron chi connectivity index (χ2n) is 4.25. The predicted molar refractivity (Wildman–Crippen MR) is 88.9 cm³/mol. The van der Waals surface area contributed by atoms with Crippen LogP contribution >= 0.6 is 24.2 Å². The summed E-state index contributed by atoms with van der Waals surface area (Å²) in [5.74, 6) is 0.538. The van der Waals surface area contributed by atoms with E-state index in [0.29, 0.717) is 12.3 Å². The first kappa shape index (κ1) is 16.8. The van der Waals surface area contributed by atoms with Crippen molar-refractivity contribution in [2.75, 3.05) is 25.9 Å². The highest BCUT2D eigenvalue weighted by Gasteiger charge is 2.02. The molecule has 1 amide bonds. The Morgan fingerprint density at radius 3 is 2.60 bits per heavy atom. The molecule has 0 aliphatic carbocycles. The zero-order valence-corrected chi connectivity index (χ0v) is 13.0. The van der Waals surface area contributed by atoms with Gasteiger partial charge >= 0.3 is 0 Å². The highest BCUT2D eigenvalue weighted by atomic mass is 35.5. The molecule has 0 aromatic heterocycles. The molecule has 3 nitrogen and oxygen atoms in total. The van der Waals surface area contributed by atoms with E-state index in [0.717, 1.165) is 11.4 Å². The van der Waals surface area contributed by atoms with Crippen LogP contribution in [-0.2, 0) is 4.79 Å². The van der Waals surface area contributed by atoms with Crippen molar-refractivity contribution in [1.29, 1.82) is 0 Å². The molecule has 0 radical (unpaired) electrons. The number of rotatable bonds is 6. The molecule has 2 aromatic rings. The number of amides is 1. The summed E-state index contributed by atoms with van der Waals surface area (Å²) in [4.78, 5) is 12.7. The Hall–Kier alpha value is -1.23. The molecule has 0 spiro atoms. The summed E-state index contributed by atoms with van der Waals surface area (Å²) in [5, 5.41) is 8.30. The largest absolute Gasteiger partial charge is 0.354 e. The molecule has 0 heterocycles. The third-order valence-electron chi connectivity index (χ3n) is 2.79. The average molecular weight is 311 g/mol. The highest BCUT2D eigenvalue weighted by molar-refractivity contribution is 8.00. The highest BCUT2D eigenvalue weighted by Crippen LogP contribution is 2.23. The Bertz CT molecular complexity index is 562. The van der Waals surface area contributed by atoms with Gasteiger partial charge in [-0.2, -0.15) is 0 Å². The van der Waals surface area contributed by atoms with Crippen molar-refractivity contribution >= 4 is 40.8 Å². The van der Waals surface area contributed by atoms with E-state index in [1.54, 1.807) is 11.8 Å². The van der Waals surface area contributed by atoms with Crippen LogP contribution in [0.4, 0.5) is 0 Å². The van der Waals surface area contributed by atoms with Gasteiger partial charge in [-0.15, -0.1) is 24.2 Å². The maximum Gasteiger partial charge on any atom is 0.230 e. The molecule has 2 rings (SSSR count). The molecular formula is C15H19ClN2OS. The van der Waals surface area contributed by atoms with Gasteiger partial charge in [0, 0.05) is 18.0 Å². The number of likely N-dealkylation sites (N-methyl/N-ethyl adjacent to an activating group) is 1. The maximum atomic E-state index is 11.6. The zero-order valence-electron chi connectivity index (χ0n) is 11.4. The van der Waals surface area contributed by atoms with Crippen molar-refractivity contribution in [2.24, 2.45) is 0 Å². The predicted octanol–water partition coefficient (Wildman–Crippen LogP) is 2.69. The van der Waals surface area contributed by atoms with Crippen molar-refractivity contribution in [1.82, 2.24) is 10.6 Å². The fourth-order valence-corrected chi connectivity index (χ4v) is 2.56. The first-order valence-corrected chi connectivity index (χ1v) is 7.31. The second kappa shape index (κ2) is 8.84. The van der Waals surface area contributed by atoms with E-state index >= 15 is 0 Å². The van der Waals surface area contributed by atoms with Gasteiger partial charge in [0.25, 0.3) is 0 Å². The molecule has 0 aliphatic heterocycles. The van der Waals surface area contributed by atoms with Crippen LogP contribution in [0.25, 0.3) is 10.8 Å². The zero-order chi connectivity index (χ0) is 13.5. The van der Waals surface area contributed by atoms with E-state index < -0.39 is 0 Å². The fraction of sp³-hybridized carbons (Fsp3) is 0.267. The summed E-state index contributed by atoms with van der Waals surface area (Å²) < 4.78 is 0. The smallest absolute Gasteiger partial charge is 0.230 e. The lowest BCUT2D eigenvalue weighted by molar-refractivity contribution is -0.118. The number of benzene rings is 2. The maximum absolute atomic E-state index is 11.6. The van der Waals surface area contributed by atoms with Gasteiger partial charge in [-0.3, -0.25) is 4.79 Å². The molecule has 0 atom stereocenters. The van der Waals surface area contributed by atoms with Crippen LogP contribution in [0, 0.1) is 0 Å². The molecule has 0 fully saturated rings. The lowest BCUT2D eigenvalue weighted by atomic mass is 10.1. The minimum Gasteiger partial charge on any atom is -0.354 e. The molecule has 108 valence electrons. The molecule has 0 bridgehead atoms. The van der Waals surface area contributed by atoms with Crippen molar-refractivity contribution in [3.05, 3.63) is 42.5 Å². The summed E-state index contributed by atoms with van der Waals surface area (Å²) >= 11 is 1.57. The Labute approximate surface area is 129 Å². The minimum atomic E-state index is 0. The Balaban J connectivity index is 0.00000200. The number of nitrogens with one attached hydrogen (secondary N) is 2. The first-order chi connectivity index (χ1) is 9.29. The normalized spacial score (nSPS) is 10.1. The standard InChI is InChI=1S/C15H18N2OS.ClH/c1-16-8-9-17-15(18)11-19-14-7-6-12-4-2-3-5-13(12)10-14;/h2-7,10,16H,8-9,11H2,1H3,(H,17,18);1H. The van der Waals surface area contributed by atoms with E-state index in [2.05, 4.69) is 41.0 Å². The van der Waals surface area contributed by atoms with Crippen molar-refractivity contribution < 1.29 is 4.79 Å². The van der Waals surface area contributed by atoms with Crippen LogP contribution in [0.3, 0.4) is 0 Å². The number of halogens is 1. The van der Waals surface area contributed by atoms with Crippen molar-refractivity contribution in [2.45, 2.75) is 4.90 Å². The van der Waals surface area contributed by atoms with Gasteiger partial charge in [0.05, 0.1) is 5.75 Å². The molecule has 2 N–H and O–H groups in total. The Kier molecular flexibility index (Phi) is 7.44. The number of thioether (sulfide) groups is 1. The van der Waals surface area contributed by atoms with E-state index in [9.17, 15) is 4.79 Å². The molecule has 5 heteroatoms. The molecule has 0 saturated heterocycles. The number of hydrogen-bond acceptors (Lipinski definition) is 3. The minimum absolute atomic E-state index is 0. The molecule has 2 aromatic carbocycles. The number of fused-ring (bicyclic) bond motifs is 1. The molecule has 0 saturated carbocycles. The summed E-state index contributed by atoms with van der Waals surface area (Å²) in [6, 6.07) is 14.5. The Morgan fingerprint density at radius 2 is 1.85 bits per heavy atom. The van der Waals surface area contributed by atoms with Crippen LogP contribution < -0.4 is 10.6 Å². The first-order valence-electron chi connectivity index (χ1n) is 6.32. The summed E-state index contributed by atoms with van der Waals surface area (Å²) in [6.07, 6.45) is 0. The summed E-state index contributed by atoms with van der Waals surface area (Å²) in [5.41, 5.74) is 0. The van der Waals surface area contributed by atoms with Gasteiger partial charge in [-0.05, 0) is 30.0 Å². The third kappa shape index (κ3) is 5.04. The Morgan fingerprint density at radius 1 is 1.10 bits per heavy atom. The monoisotopic (exact) mass is 310 g/mol. The van der Waals surface area contributed by atoms with Gasteiger partial charge in [-0.25, -0.2) is 0 Å². The summed E-state index contributed by atoms with van der Waals surface area (Å²) in [6.45, 7) is 1.47. The quantitative estimate of drug-likeness (QED) is 0.637. The van der Waals surface area contributed by atoms with Crippen LogP contribution in [0.15, 0.2) is 47.4 Å². The van der Waals surface area contributed by atoms with Gasteiger partial charge in [-0.1, -0.05) is 30.3 Å². The number of hydrogen-bond donors (Lipinski definition) is 2. The lowest BCUT2D eigenvalue weighted by Gasteiger charge is -2.05. The van der Waals surface area contributed by atoms with Gasteiger partial charge < -0.3 is 10.6 Å². The van der Waals surface area contributed by atoms with Gasteiger partial charge in [0.15, 0.2) is 0 Å². The van der Waals surface area contributed by atoms with E-state index in [-0.39, 0.29) is 18.3 Å². The lowest BCUT2D eigenvalue weighted by Crippen LogP contribution is -2.31. The van der Waals surface area contributed by atoms with Crippen LogP contribution in [-0.4, -0.2) is 31.8 Å². The number of carbonyl (C=O) groups excluding carboxylic acids is 1. The third-order valence-corrected chi connectivity index (χ3v) is 3.78. The van der Waals surface area contributed by atoms with Gasteiger partial charge in [0.1, 0.15) is 0 Å². The fourth-order valence-electron chi connectivity index (χ4n) is 1.78.